The normalized spacial score (nSPS) is 31.5. The predicted molar refractivity (Wildman–Crippen MR) is 65.4 cm³/mol. The van der Waals surface area contributed by atoms with Crippen molar-refractivity contribution in [3.63, 3.8) is 0 Å². The van der Waals surface area contributed by atoms with Crippen LogP contribution in [0.3, 0.4) is 0 Å². The molecule has 0 bridgehead atoms. The summed E-state index contributed by atoms with van der Waals surface area (Å²) in [5.74, 6) is 0.669. The minimum atomic E-state index is 0.341. The fourth-order valence-corrected chi connectivity index (χ4v) is 2.81. The average molecular weight is 227 g/mol. The summed E-state index contributed by atoms with van der Waals surface area (Å²) in [6.45, 7) is 5.19. The summed E-state index contributed by atoms with van der Waals surface area (Å²) >= 11 is 0. The molecular weight excluding hydrogens is 202 g/mol. The van der Waals surface area contributed by atoms with Gasteiger partial charge in [0.15, 0.2) is 0 Å². The molecule has 0 aromatic heterocycles. The van der Waals surface area contributed by atoms with Gasteiger partial charge in [-0.1, -0.05) is 0 Å². The van der Waals surface area contributed by atoms with Crippen molar-refractivity contribution >= 4 is 0 Å². The molecular formula is C12H25N3O. The van der Waals surface area contributed by atoms with Crippen molar-refractivity contribution in [2.75, 3.05) is 39.9 Å². The van der Waals surface area contributed by atoms with E-state index in [0.29, 0.717) is 18.0 Å². The Kier molecular flexibility index (Phi) is 4.58. The van der Waals surface area contributed by atoms with Gasteiger partial charge in [0.05, 0.1) is 0 Å². The van der Waals surface area contributed by atoms with Crippen molar-refractivity contribution in [2.24, 2.45) is 11.7 Å². The Labute approximate surface area is 98.5 Å². The smallest absolute Gasteiger partial charge is 0.0469 e. The van der Waals surface area contributed by atoms with Crippen molar-refractivity contribution in [1.82, 2.24) is 10.2 Å². The SMILES string of the molecule is CN1CCNC(CC(N)C2CCOCC2)C1. The van der Waals surface area contributed by atoms with E-state index in [-0.39, 0.29) is 0 Å². The minimum Gasteiger partial charge on any atom is -0.381 e. The van der Waals surface area contributed by atoms with Gasteiger partial charge >= 0.3 is 0 Å². The van der Waals surface area contributed by atoms with Crippen LogP contribution in [0.5, 0.6) is 0 Å². The highest BCUT2D eigenvalue weighted by atomic mass is 16.5. The zero-order chi connectivity index (χ0) is 11.4. The standard InChI is InChI=1S/C12H25N3O/c1-15-5-4-14-11(9-15)8-12(13)10-2-6-16-7-3-10/h10-12,14H,2-9,13H2,1H3. The van der Waals surface area contributed by atoms with Crippen molar-refractivity contribution in [3.05, 3.63) is 0 Å². The van der Waals surface area contributed by atoms with Crippen molar-refractivity contribution in [3.8, 4) is 0 Å². The van der Waals surface area contributed by atoms with Crippen LogP contribution in [0.2, 0.25) is 0 Å². The molecule has 16 heavy (non-hydrogen) atoms. The number of hydrogen-bond donors (Lipinski definition) is 2. The maximum absolute atomic E-state index is 6.31. The van der Waals surface area contributed by atoms with E-state index >= 15 is 0 Å². The monoisotopic (exact) mass is 227 g/mol. The van der Waals surface area contributed by atoms with Gasteiger partial charge in [0, 0.05) is 44.9 Å². The second-order valence-corrected chi connectivity index (χ2v) is 5.26. The Morgan fingerprint density at radius 2 is 2.19 bits per heavy atom. The molecule has 4 heteroatoms. The third-order valence-corrected chi connectivity index (χ3v) is 3.89. The molecule has 2 unspecified atom stereocenters. The molecule has 3 N–H and O–H groups in total. The number of ether oxygens (including phenoxy) is 1. The highest BCUT2D eigenvalue weighted by Gasteiger charge is 2.25. The molecule has 0 aliphatic carbocycles. The number of likely N-dealkylation sites (N-methyl/N-ethyl adjacent to an activating group) is 1. The van der Waals surface area contributed by atoms with Gasteiger partial charge in [0.25, 0.3) is 0 Å². The molecule has 2 fully saturated rings. The summed E-state index contributed by atoms with van der Waals surface area (Å²) in [6, 6.07) is 0.921. The zero-order valence-corrected chi connectivity index (χ0v) is 10.3. The van der Waals surface area contributed by atoms with Crippen molar-refractivity contribution in [1.29, 1.82) is 0 Å². The second kappa shape index (κ2) is 5.96. The van der Waals surface area contributed by atoms with Gasteiger partial charge in [-0.25, -0.2) is 0 Å². The summed E-state index contributed by atoms with van der Waals surface area (Å²) in [7, 11) is 2.19. The summed E-state index contributed by atoms with van der Waals surface area (Å²) in [5.41, 5.74) is 6.31. The Hall–Kier alpha value is -0.160. The van der Waals surface area contributed by atoms with Crippen LogP contribution in [0.1, 0.15) is 19.3 Å². The number of piperazine rings is 1. The third kappa shape index (κ3) is 3.42. The topological polar surface area (TPSA) is 50.5 Å². The first kappa shape index (κ1) is 12.3. The largest absolute Gasteiger partial charge is 0.381 e. The molecule has 2 atom stereocenters. The summed E-state index contributed by atoms with van der Waals surface area (Å²) in [6.07, 6.45) is 3.39. The van der Waals surface area contributed by atoms with E-state index in [9.17, 15) is 0 Å². The van der Waals surface area contributed by atoms with Gasteiger partial charge in [0.1, 0.15) is 0 Å². The lowest BCUT2D eigenvalue weighted by Gasteiger charge is -2.35. The summed E-state index contributed by atoms with van der Waals surface area (Å²) < 4.78 is 5.38. The lowest BCUT2D eigenvalue weighted by atomic mass is 9.88. The number of nitrogens with two attached hydrogens (primary N) is 1. The molecule has 2 aliphatic heterocycles. The predicted octanol–water partition coefficient (Wildman–Crippen LogP) is 0.0340. The van der Waals surface area contributed by atoms with Crippen LogP contribution in [-0.4, -0.2) is 56.9 Å². The van der Waals surface area contributed by atoms with Crippen LogP contribution in [0.15, 0.2) is 0 Å². The highest BCUT2D eigenvalue weighted by Crippen LogP contribution is 2.20. The Morgan fingerprint density at radius 1 is 1.44 bits per heavy atom. The van der Waals surface area contributed by atoms with Crippen molar-refractivity contribution in [2.45, 2.75) is 31.3 Å². The Morgan fingerprint density at radius 3 is 2.88 bits per heavy atom. The summed E-state index contributed by atoms with van der Waals surface area (Å²) in [4.78, 5) is 2.39. The minimum absolute atomic E-state index is 0.341. The first-order valence-corrected chi connectivity index (χ1v) is 6.51. The number of nitrogens with zero attached hydrogens (tertiary/aromatic N) is 1. The first-order valence-electron chi connectivity index (χ1n) is 6.51. The molecule has 0 amide bonds. The molecule has 0 spiro atoms. The van der Waals surface area contributed by atoms with E-state index in [4.69, 9.17) is 10.5 Å². The van der Waals surface area contributed by atoms with E-state index in [1.165, 1.54) is 0 Å². The molecule has 2 aliphatic rings. The summed E-state index contributed by atoms with van der Waals surface area (Å²) in [5, 5.41) is 3.57. The number of hydrogen-bond acceptors (Lipinski definition) is 4. The molecule has 94 valence electrons. The van der Waals surface area contributed by atoms with E-state index < -0.39 is 0 Å². The average Bonchev–Trinajstić information content (AvgIpc) is 2.30. The van der Waals surface area contributed by atoms with E-state index in [0.717, 1.165) is 52.1 Å². The van der Waals surface area contributed by atoms with Gasteiger partial charge in [-0.15, -0.1) is 0 Å². The lowest BCUT2D eigenvalue weighted by molar-refractivity contribution is 0.0551. The second-order valence-electron chi connectivity index (χ2n) is 5.26. The molecule has 0 aromatic rings. The van der Waals surface area contributed by atoms with Crippen LogP contribution in [-0.2, 0) is 4.74 Å². The van der Waals surface area contributed by atoms with E-state index in [2.05, 4.69) is 17.3 Å². The van der Waals surface area contributed by atoms with Crippen LogP contribution >= 0.6 is 0 Å². The molecule has 2 heterocycles. The maximum atomic E-state index is 6.31. The Bertz CT molecular complexity index is 206. The third-order valence-electron chi connectivity index (χ3n) is 3.89. The van der Waals surface area contributed by atoms with Gasteiger partial charge in [-0.3, -0.25) is 0 Å². The molecule has 0 aromatic carbocycles. The van der Waals surface area contributed by atoms with E-state index in [1.807, 2.05) is 0 Å². The first-order chi connectivity index (χ1) is 7.75. The fourth-order valence-electron chi connectivity index (χ4n) is 2.81. The fraction of sp³-hybridized carbons (Fsp3) is 1.00. The molecule has 0 saturated carbocycles. The lowest BCUT2D eigenvalue weighted by Crippen LogP contribution is -2.52. The molecule has 0 radical (unpaired) electrons. The quantitative estimate of drug-likeness (QED) is 0.714. The van der Waals surface area contributed by atoms with E-state index in [1.54, 1.807) is 0 Å². The molecule has 4 nitrogen and oxygen atoms in total. The van der Waals surface area contributed by atoms with Crippen LogP contribution in [0.4, 0.5) is 0 Å². The zero-order valence-electron chi connectivity index (χ0n) is 10.3. The van der Waals surface area contributed by atoms with Gasteiger partial charge in [-0.05, 0) is 32.2 Å². The molecule has 2 rings (SSSR count). The maximum Gasteiger partial charge on any atom is 0.0469 e. The van der Waals surface area contributed by atoms with Crippen LogP contribution < -0.4 is 11.1 Å². The van der Waals surface area contributed by atoms with Gasteiger partial charge < -0.3 is 20.7 Å². The van der Waals surface area contributed by atoms with Gasteiger partial charge in [0.2, 0.25) is 0 Å². The number of nitrogens with one attached hydrogen (secondary N) is 1. The number of rotatable bonds is 3. The highest BCUT2D eigenvalue weighted by molar-refractivity contribution is 4.84. The molecule has 2 saturated heterocycles. The van der Waals surface area contributed by atoms with Gasteiger partial charge in [-0.2, -0.15) is 0 Å². The van der Waals surface area contributed by atoms with Crippen LogP contribution in [0.25, 0.3) is 0 Å². The Balaban J connectivity index is 1.74. The van der Waals surface area contributed by atoms with Crippen molar-refractivity contribution < 1.29 is 4.74 Å². The van der Waals surface area contributed by atoms with Crippen LogP contribution in [0, 0.1) is 5.92 Å².